The van der Waals surface area contributed by atoms with Gasteiger partial charge in [-0.3, -0.25) is 5.01 Å². The Morgan fingerprint density at radius 3 is 2.39 bits per heavy atom. The molecular formula is C26H28N4O6. The number of nitrogens with zero attached hydrogens (tertiary/aromatic N) is 2. The fraction of sp³-hybridized carbons (Fsp3) is 0.308. The normalized spacial score (nSPS) is 17.2. The predicted octanol–water partition coefficient (Wildman–Crippen LogP) is 3.31. The molecule has 0 spiro atoms. The van der Waals surface area contributed by atoms with Crippen molar-refractivity contribution < 1.29 is 28.6 Å². The number of rotatable bonds is 8. The molecule has 4 rings (SSSR count). The number of ether oxygens (including phenoxy) is 3. The van der Waals surface area contributed by atoms with Gasteiger partial charge in [0.2, 0.25) is 0 Å². The molecule has 2 aromatic carbocycles. The number of esters is 2. The number of carbonyl (C=O) groups is 3. The van der Waals surface area contributed by atoms with Gasteiger partial charge in [0.05, 0.1) is 42.3 Å². The Hall–Kier alpha value is -4.34. The largest absolute Gasteiger partial charge is 0.497 e. The van der Waals surface area contributed by atoms with E-state index in [1.165, 1.54) is 0 Å². The van der Waals surface area contributed by atoms with Gasteiger partial charge in [0.1, 0.15) is 12.4 Å². The molecule has 2 aromatic rings. The molecule has 36 heavy (non-hydrogen) atoms. The van der Waals surface area contributed by atoms with Gasteiger partial charge in [0.15, 0.2) is 0 Å². The molecule has 0 aromatic heterocycles. The minimum atomic E-state index is -0.791. The first-order chi connectivity index (χ1) is 17.4. The average Bonchev–Trinajstić information content (AvgIpc) is 3.33. The number of hydrazone groups is 1. The number of hydrogen-bond donors (Lipinski definition) is 2. The second kappa shape index (κ2) is 10.9. The molecule has 2 amide bonds. The number of methoxy groups -OCH3 is 1. The van der Waals surface area contributed by atoms with E-state index in [-0.39, 0.29) is 24.5 Å². The maximum Gasteiger partial charge on any atom is 0.338 e. The van der Waals surface area contributed by atoms with Crippen LogP contribution in [0.25, 0.3) is 0 Å². The Morgan fingerprint density at radius 2 is 1.78 bits per heavy atom. The van der Waals surface area contributed by atoms with Crippen molar-refractivity contribution in [3.63, 3.8) is 0 Å². The minimum absolute atomic E-state index is 0.144. The highest BCUT2D eigenvalue weighted by Gasteiger charge is 2.34. The first-order valence-corrected chi connectivity index (χ1v) is 11.6. The van der Waals surface area contributed by atoms with E-state index in [2.05, 4.69) is 15.7 Å². The molecule has 10 nitrogen and oxygen atoms in total. The van der Waals surface area contributed by atoms with Crippen molar-refractivity contribution in [2.75, 3.05) is 31.9 Å². The first-order valence-electron chi connectivity index (χ1n) is 11.6. The van der Waals surface area contributed by atoms with Gasteiger partial charge < -0.3 is 24.8 Å². The molecule has 1 unspecified atom stereocenters. The quantitative estimate of drug-likeness (QED) is 0.543. The van der Waals surface area contributed by atoms with Crippen LogP contribution in [0.5, 0.6) is 5.75 Å². The lowest BCUT2D eigenvalue weighted by Gasteiger charge is -2.29. The van der Waals surface area contributed by atoms with Crippen molar-refractivity contribution in [3.8, 4) is 5.75 Å². The van der Waals surface area contributed by atoms with Crippen LogP contribution in [0.4, 0.5) is 10.5 Å². The van der Waals surface area contributed by atoms with Gasteiger partial charge in [-0.1, -0.05) is 12.1 Å². The first kappa shape index (κ1) is 24.8. The van der Waals surface area contributed by atoms with E-state index < -0.39 is 24.0 Å². The van der Waals surface area contributed by atoms with Gasteiger partial charge in [-0.2, -0.15) is 5.10 Å². The van der Waals surface area contributed by atoms with E-state index in [0.29, 0.717) is 16.9 Å². The molecule has 10 heteroatoms. The summed E-state index contributed by atoms with van der Waals surface area (Å²) >= 11 is 0. The molecule has 2 aliphatic rings. The lowest BCUT2D eigenvalue weighted by Crippen LogP contribution is -2.47. The van der Waals surface area contributed by atoms with Crippen molar-refractivity contribution in [1.82, 2.24) is 10.6 Å². The third kappa shape index (κ3) is 5.48. The van der Waals surface area contributed by atoms with Crippen LogP contribution >= 0.6 is 0 Å². The maximum absolute atomic E-state index is 12.9. The highest BCUT2D eigenvalue weighted by atomic mass is 16.5. The Kier molecular flexibility index (Phi) is 7.53. The second-order valence-corrected chi connectivity index (χ2v) is 8.25. The summed E-state index contributed by atoms with van der Waals surface area (Å²) in [5, 5.41) is 11.7. The zero-order chi connectivity index (χ0) is 25.7. The molecule has 2 aliphatic heterocycles. The molecule has 0 bridgehead atoms. The van der Waals surface area contributed by atoms with Crippen LogP contribution in [-0.4, -0.2) is 50.5 Å². The molecule has 2 heterocycles. The van der Waals surface area contributed by atoms with E-state index in [4.69, 9.17) is 14.2 Å². The van der Waals surface area contributed by atoms with Gasteiger partial charge >= 0.3 is 18.0 Å². The predicted molar refractivity (Wildman–Crippen MR) is 133 cm³/mol. The van der Waals surface area contributed by atoms with E-state index in [1.807, 2.05) is 11.9 Å². The fourth-order valence-corrected chi connectivity index (χ4v) is 3.98. The number of anilines is 1. The third-order valence-electron chi connectivity index (χ3n) is 5.82. The van der Waals surface area contributed by atoms with E-state index >= 15 is 0 Å². The van der Waals surface area contributed by atoms with Gasteiger partial charge in [0, 0.05) is 18.7 Å². The summed E-state index contributed by atoms with van der Waals surface area (Å²) in [6.07, 6.45) is 0.903. The maximum atomic E-state index is 12.9. The Balaban J connectivity index is 1.54. The molecule has 188 valence electrons. The van der Waals surface area contributed by atoms with Crippen molar-refractivity contribution in [2.45, 2.75) is 26.3 Å². The van der Waals surface area contributed by atoms with Crippen LogP contribution in [0.3, 0.4) is 0 Å². The fourth-order valence-electron chi connectivity index (χ4n) is 3.98. The average molecular weight is 493 g/mol. The van der Waals surface area contributed by atoms with Gasteiger partial charge in [0.25, 0.3) is 0 Å². The second-order valence-electron chi connectivity index (χ2n) is 8.25. The number of urea groups is 1. The zero-order valence-electron chi connectivity index (χ0n) is 20.4. The summed E-state index contributed by atoms with van der Waals surface area (Å²) in [6.45, 7) is 4.29. The van der Waals surface area contributed by atoms with Crippen LogP contribution in [0.2, 0.25) is 0 Å². The lowest BCUT2D eigenvalue weighted by atomic mass is 9.95. The molecule has 2 N–H and O–H groups in total. The standard InChI is InChI=1S/C26H28N4O6/c1-4-35-25(32)22-21(27-26(33)28-23(22)17-7-11-20(34-3)12-8-17)15-36-24(31)18-5-9-19(10-6-18)30-14-13-16(2)29-30/h5-12,23H,4,13-15H2,1-3H3,(H2,27,28,33). The van der Waals surface area contributed by atoms with E-state index in [9.17, 15) is 14.4 Å². The van der Waals surface area contributed by atoms with Gasteiger partial charge in [-0.15, -0.1) is 0 Å². The third-order valence-corrected chi connectivity index (χ3v) is 5.82. The molecular weight excluding hydrogens is 464 g/mol. The van der Waals surface area contributed by atoms with Crippen LogP contribution in [-0.2, 0) is 14.3 Å². The van der Waals surface area contributed by atoms with Gasteiger partial charge in [-0.05, 0) is 55.8 Å². The van der Waals surface area contributed by atoms with Crippen molar-refractivity contribution >= 4 is 29.4 Å². The summed E-state index contributed by atoms with van der Waals surface area (Å²) < 4.78 is 15.9. The summed E-state index contributed by atoms with van der Waals surface area (Å²) in [6, 6.07) is 12.5. The van der Waals surface area contributed by atoms with E-state index in [1.54, 1.807) is 62.6 Å². The number of nitrogens with one attached hydrogen (secondary N) is 2. The monoisotopic (exact) mass is 492 g/mol. The highest BCUT2D eigenvalue weighted by Crippen LogP contribution is 2.29. The Bertz CT molecular complexity index is 1200. The van der Waals surface area contributed by atoms with Crippen molar-refractivity contribution in [2.24, 2.45) is 5.10 Å². The number of hydrogen-bond acceptors (Lipinski definition) is 8. The summed E-state index contributed by atoms with van der Waals surface area (Å²) in [7, 11) is 1.55. The van der Waals surface area contributed by atoms with Crippen LogP contribution in [0.1, 0.15) is 42.2 Å². The van der Waals surface area contributed by atoms with Crippen LogP contribution < -0.4 is 20.4 Å². The SMILES string of the molecule is CCOC(=O)C1=C(COC(=O)c2ccc(N3CCC(C)=N3)cc2)NC(=O)NC1c1ccc(OC)cc1. The van der Waals surface area contributed by atoms with E-state index in [0.717, 1.165) is 24.4 Å². The molecule has 0 fully saturated rings. The summed E-state index contributed by atoms with van der Waals surface area (Å²) in [4.78, 5) is 38.0. The van der Waals surface area contributed by atoms with Crippen LogP contribution in [0, 0.1) is 0 Å². The smallest absolute Gasteiger partial charge is 0.338 e. The Labute approximate surface area is 208 Å². The summed E-state index contributed by atoms with van der Waals surface area (Å²) in [5.74, 6) is -0.581. The Morgan fingerprint density at radius 1 is 1.06 bits per heavy atom. The van der Waals surface area contributed by atoms with Crippen molar-refractivity contribution in [1.29, 1.82) is 0 Å². The highest BCUT2D eigenvalue weighted by molar-refractivity contribution is 5.95. The van der Waals surface area contributed by atoms with Crippen LogP contribution in [0.15, 0.2) is 64.9 Å². The molecule has 0 aliphatic carbocycles. The molecule has 1 atom stereocenters. The topological polar surface area (TPSA) is 119 Å². The van der Waals surface area contributed by atoms with Crippen molar-refractivity contribution in [3.05, 3.63) is 70.9 Å². The number of amides is 2. The van der Waals surface area contributed by atoms with Gasteiger partial charge in [-0.25, -0.2) is 14.4 Å². The number of carbonyl (C=O) groups excluding carboxylic acids is 3. The molecule has 0 radical (unpaired) electrons. The zero-order valence-corrected chi connectivity index (χ0v) is 20.4. The minimum Gasteiger partial charge on any atom is -0.497 e. The lowest BCUT2D eigenvalue weighted by molar-refractivity contribution is -0.139. The molecule has 0 saturated heterocycles. The summed E-state index contributed by atoms with van der Waals surface area (Å²) in [5.41, 5.74) is 3.23. The number of benzene rings is 2. The molecule has 0 saturated carbocycles.